The Balaban J connectivity index is 2.06. The summed E-state index contributed by atoms with van der Waals surface area (Å²) in [6.45, 7) is 2.72. The number of carbonyl (C=O) groups is 1. The SMILES string of the molecule is CCCOc1cccc(C(=O)Cc2ccn(C)n2)c1. The lowest BCUT2D eigenvalue weighted by molar-refractivity contribution is 0.0991. The molecule has 0 unspecified atom stereocenters. The number of aryl methyl sites for hydroxylation is 1. The topological polar surface area (TPSA) is 44.1 Å². The Kier molecular flexibility index (Phi) is 4.34. The van der Waals surface area contributed by atoms with Crippen molar-refractivity contribution in [3.63, 3.8) is 0 Å². The summed E-state index contributed by atoms with van der Waals surface area (Å²) in [5.41, 5.74) is 1.45. The standard InChI is InChI=1S/C15H18N2O2/c1-3-9-19-14-6-4-5-12(10-14)15(18)11-13-7-8-17(2)16-13/h4-8,10H,3,9,11H2,1-2H3. The zero-order valence-corrected chi connectivity index (χ0v) is 11.3. The molecule has 0 saturated carbocycles. The van der Waals surface area contributed by atoms with Gasteiger partial charge >= 0.3 is 0 Å². The fraction of sp³-hybridized carbons (Fsp3) is 0.333. The summed E-state index contributed by atoms with van der Waals surface area (Å²) >= 11 is 0. The lowest BCUT2D eigenvalue weighted by Crippen LogP contribution is -2.05. The molecule has 0 atom stereocenters. The van der Waals surface area contributed by atoms with Crippen molar-refractivity contribution in [2.45, 2.75) is 19.8 Å². The van der Waals surface area contributed by atoms with Crippen molar-refractivity contribution in [1.82, 2.24) is 9.78 Å². The van der Waals surface area contributed by atoms with Gasteiger partial charge in [-0.3, -0.25) is 9.48 Å². The van der Waals surface area contributed by atoms with Crippen molar-refractivity contribution < 1.29 is 9.53 Å². The summed E-state index contributed by atoms with van der Waals surface area (Å²) in [4.78, 5) is 12.1. The molecular formula is C15H18N2O2. The molecule has 0 bridgehead atoms. The molecule has 19 heavy (non-hydrogen) atoms. The van der Waals surface area contributed by atoms with Crippen LogP contribution in [-0.4, -0.2) is 22.2 Å². The number of ketones is 1. The lowest BCUT2D eigenvalue weighted by Gasteiger charge is -2.06. The summed E-state index contributed by atoms with van der Waals surface area (Å²) in [5, 5.41) is 4.21. The molecule has 0 aliphatic heterocycles. The maximum absolute atomic E-state index is 12.1. The Labute approximate surface area is 113 Å². The molecule has 0 aliphatic rings. The van der Waals surface area contributed by atoms with Gasteiger partial charge in [-0.1, -0.05) is 19.1 Å². The number of aromatic nitrogens is 2. The zero-order chi connectivity index (χ0) is 13.7. The second kappa shape index (κ2) is 6.18. The molecule has 0 fully saturated rings. The van der Waals surface area contributed by atoms with Gasteiger partial charge in [0.25, 0.3) is 0 Å². The fourth-order valence-electron chi connectivity index (χ4n) is 1.80. The molecule has 1 aromatic heterocycles. The van der Waals surface area contributed by atoms with Crippen LogP contribution in [0.15, 0.2) is 36.5 Å². The Bertz CT molecular complexity index is 561. The van der Waals surface area contributed by atoms with E-state index in [-0.39, 0.29) is 5.78 Å². The molecule has 0 radical (unpaired) electrons. The van der Waals surface area contributed by atoms with Gasteiger partial charge in [-0.15, -0.1) is 0 Å². The average molecular weight is 258 g/mol. The van der Waals surface area contributed by atoms with Crippen LogP contribution < -0.4 is 4.74 Å². The van der Waals surface area contributed by atoms with Crippen LogP contribution in [0.25, 0.3) is 0 Å². The van der Waals surface area contributed by atoms with E-state index < -0.39 is 0 Å². The molecule has 4 heteroatoms. The summed E-state index contributed by atoms with van der Waals surface area (Å²) in [6, 6.07) is 9.17. The van der Waals surface area contributed by atoms with Crippen LogP contribution in [0.4, 0.5) is 0 Å². The Morgan fingerprint density at radius 3 is 2.89 bits per heavy atom. The molecule has 0 N–H and O–H groups in total. The zero-order valence-electron chi connectivity index (χ0n) is 11.3. The van der Waals surface area contributed by atoms with Crippen molar-refractivity contribution in [2.75, 3.05) is 6.61 Å². The number of benzene rings is 1. The van der Waals surface area contributed by atoms with E-state index in [9.17, 15) is 4.79 Å². The van der Waals surface area contributed by atoms with Gasteiger partial charge in [0.05, 0.1) is 18.7 Å². The van der Waals surface area contributed by atoms with Crippen molar-refractivity contribution in [1.29, 1.82) is 0 Å². The van der Waals surface area contributed by atoms with Crippen LogP contribution in [0, 0.1) is 0 Å². The molecule has 1 heterocycles. The molecule has 100 valence electrons. The van der Waals surface area contributed by atoms with Crippen molar-refractivity contribution >= 4 is 5.78 Å². The second-order valence-corrected chi connectivity index (χ2v) is 4.46. The van der Waals surface area contributed by atoms with Crippen LogP contribution in [-0.2, 0) is 13.5 Å². The monoisotopic (exact) mass is 258 g/mol. The van der Waals surface area contributed by atoms with E-state index >= 15 is 0 Å². The van der Waals surface area contributed by atoms with Crippen LogP contribution in [0.2, 0.25) is 0 Å². The highest BCUT2D eigenvalue weighted by Crippen LogP contribution is 2.15. The quantitative estimate of drug-likeness (QED) is 0.748. The average Bonchev–Trinajstić information content (AvgIpc) is 2.82. The minimum Gasteiger partial charge on any atom is -0.494 e. The summed E-state index contributed by atoms with van der Waals surface area (Å²) in [6.07, 6.45) is 3.10. The number of ether oxygens (including phenoxy) is 1. The first-order valence-electron chi connectivity index (χ1n) is 6.43. The van der Waals surface area contributed by atoms with Gasteiger partial charge in [-0.05, 0) is 24.6 Å². The maximum atomic E-state index is 12.1. The third-order valence-electron chi connectivity index (χ3n) is 2.74. The van der Waals surface area contributed by atoms with E-state index in [4.69, 9.17) is 4.74 Å². The third kappa shape index (κ3) is 3.68. The third-order valence-corrected chi connectivity index (χ3v) is 2.74. The number of hydrogen-bond donors (Lipinski definition) is 0. The Morgan fingerprint density at radius 1 is 1.37 bits per heavy atom. The molecule has 4 nitrogen and oxygen atoms in total. The molecule has 0 amide bonds. The highest BCUT2D eigenvalue weighted by atomic mass is 16.5. The van der Waals surface area contributed by atoms with E-state index in [2.05, 4.69) is 12.0 Å². The highest BCUT2D eigenvalue weighted by molar-refractivity contribution is 5.97. The van der Waals surface area contributed by atoms with E-state index in [1.165, 1.54) is 0 Å². The van der Waals surface area contributed by atoms with Crippen LogP contribution in [0.5, 0.6) is 5.75 Å². The van der Waals surface area contributed by atoms with E-state index in [0.29, 0.717) is 18.6 Å². The molecule has 0 aliphatic carbocycles. The number of carbonyl (C=O) groups excluding carboxylic acids is 1. The van der Waals surface area contributed by atoms with Gasteiger partial charge in [-0.2, -0.15) is 5.10 Å². The summed E-state index contributed by atoms with van der Waals surface area (Å²) in [7, 11) is 1.84. The molecular weight excluding hydrogens is 240 g/mol. The van der Waals surface area contributed by atoms with Crippen molar-refractivity contribution in [3.05, 3.63) is 47.8 Å². The first-order chi connectivity index (χ1) is 9.19. The summed E-state index contributed by atoms with van der Waals surface area (Å²) in [5.74, 6) is 0.800. The molecule has 0 spiro atoms. The smallest absolute Gasteiger partial charge is 0.169 e. The number of rotatable bonds is 6. The Hall–Kier alpha value is -2.10. The van der Waals surface area contributed by atoms with Gasteiger partial charge in [0.15, 0.2) is 5.78 Å². The first-order valence-corrected chi connectivity index (χ1v) is 6.43. The predicted molar refractivity (Wildman–Crippen MR) is 73.5 cm³/mol. The van der Waals surface area contributed by atoms with Gasteiger partial charge in [0.2, 0.25) is 0 Å². The van der Waals surface area contributed by atoms with E-state index in [1.54, 1.807) is 10.7 Å². The van der Waals surface area contributed by atoms with Gasteiger partial charge < -0.3 is 4.74 Å². The molecule has 1 aromatic carbocycles. The minimum atomic E-state index is 0.0562. The second-order valence-electron chi connectivity index (χ2n) is 4.46. The van der Waals surface area contributed by atoms with Crippen molar-refractivity contribution in [2.24, 2.45) is 7.05 Å². The van der Waals surface area contributed by atoms with Gasteiger partial charge in [0.1, 0.15) is 5.75 Å². The van der Waals surface area contributed by atoms with E-state index in [1.807, 2.05) is 37.5 Å². The fourth-order valence-corrected chi connectivity index (χ4v) is 1.80. The Morgan fingerprint density at radius 2 is 2.21 bits per heavy atom. The maximum Gasteiger partial charge on any atom is 0.169 e. The minimum absolute atomic E-state index is 0.0562. The van der Waals surface area contributed by atoms with Crippen molar-refractivity contribution in [3.8, 4) is 5.75 Å². The van der Waals surface area contributed by atoms with Crippen LogP contribution in [0.3, 0.4) is 0 Å². The lowest BCUT2D eigenvalue weighted by atomic mass is 10.1. The molecule has 2 rings (SSSR count). The van der Waals surface area contributed by atoms with Gasteiger partial charge in [-0.25, -0.2) is 0 Å². The number of Topliss-reactive ketones (excluding diaryl/α,β-unsaturated/α-hetero) is 1. The highest BCUT2D eigenvalue weighted by Gasteiger charge is 2.09. The first kappa shape index (κ1) is 13.3. The van der Waals surface area contributed by atoms with Crippen LogP contribution in [0.1, 0.15) is 29.4 Å². The van der Waals surface area contributed by atoms with E-state index in [0.717, 1.165) is 17.9 Å². The largest absolute Gasteiger partial charge is 0.494 e. The van der Waals surface area contributed by atoms with Crippen LogP contribution >= 0.6 is 0 Å². The molecule has 0 saturated heterocycles. The molecule has 2 aromatic rings. The number of nitrogens with zero attached hydrogens (tertiary/aromatic N) is 2. The normalized spacial score (nSPS) is 10.4. The van der Waals surface area contributed by atoms with Gasteiger partial charge in [0, 0.05) is 18.8 Å². The summed E-state index contributed by atoms with van der Waals surface area (Å²) < 4.78 is 7.23. The number of hydrogen-bond acceptors (Lipinski definition) is 3. The predicted octanol–water partition coefficient (Wildman–Crippen LogP) is 2.63.